The van der Waals surface area contributed by atoms with Crippen LogP contribution in [0.4, 0.5) is 4.39 Å². The van der Waals surface area contributed by atoms with Crippen LogP contribution < -0.4 is 11.2 Å². The molecule has 0 N–H and O–H groups in total. The van der Waals surface area contributed by atoms with Crippen molar-refractivity contribution in [2.24, 2.45) is 0 Å². The molecule has 0 bridgehead atoms. The standard InChI is InChI=1S/C23H18FN3O2/c24-20-13-11-18(12-14-20)15-26-22(28)21(19-9-5-2-6-10-19)25-27(23(26)29)16-17-7-3-1-4-8-17/h1-14H,15-16H2. The molecule has 5 nitrogen and oxygen atoms in total. The van der Waals surface area contributed by atoms with Gasteiger partial charge in [0.25, 0.3) is 5.56 Å². The third kappa shape index (κ3) is 4.06. The maximum Gasteiger partial charge on any atom is 0.348 e. The lowest BCUT2D eigenvalue weighted by Gasteiger charge is -2.12. The molecule has 0 amide bonds. The van der Waals surface area contributed by atoms with Crippen LogP contribution in [-0.4, -0.2) is 14.3 Å². The Labute approximate surface area is 166 Å². The van der Waals surface area contributed by atoms with Crippen LogP contribution in [-0.2, 0) is 13.1 Å². The van der Waals surface area contributed by atoms with Crippen molar-refractivity contribution >= 4 is 0 Å². The van der Waals surface area contributed by atoms with E-state index in [9.17, 15) is 14.0 Å². The second-order valence-electron chi connectivity index (χ2n) is 6.66. The Hall–Kier alpha value is -3.80. The summed E-state index contributed by atoms with van der Waals surface area (Å²) in [5.41, 5.74) is 1.39. The maximum atomic E-state index is 13.2. The first-order valence-corrected chi connectivity index (χ1v) is 9.17. The first-order chi connectivity index (χ1) is 14.1. The summed E-state index contributed by atoms with van der Waals surface area (Å²) in [5.74, 6) is -0.373. The minimum Gasteiger partial charge on any atom is -0.267 e. The van der Waals surface area contributed by atoms with E-state index < -0.39 is 11.2 Å². The van der Waals surface area contributed by atoms with Gasteiger partial charge in [-0.3, -0.25) is 9.36 Å². The van der Waals surface area contributed by atoms with Crippen molar-refractivity contribution in [3.05, 3.63) is 123 Å². The Kier molecular flexibility index (Phi) is 5.16. The van der Waals surface area contributed by atoms with Crippen molar-refractivity contribution in [1.29, 1.82) is 0 Å². The molecule has 6 heteroatoms. The SMILES string of the molecule is O=c1c(-c2ccccc2)nn(Cc2ccccc2)c(=O)n1Cc1ccc(F)cc1. The summed E-state index contributed by atoms with van der Waals surface area (Å²) in [7, 11) is 0. The molecule has 0 aliphatic carbocycles. The molecule has 4 rings (SSSR count). The third-order valence-electron chi connectivity index (χ3n) is 4.60. The molecular weight excluding hydrogens is 369 g/mol. The van der Waals surface area contributed by atoms with Crippen LogP contribution in [0, 0.1) is 5.82 Å². The molecule has 0 saturated heterocycles. The second kappa shape index (κ2) is 8.06. The van der Waals surface area contributed by atoms with Gasteiger partial charge in [-0.25, -0.2) is 13.9 Å². The fourth-order valence-electron chi connectivity index (χ4n) is 3.11. The Balaban J connectivity index is 1.86. The summed E-state index contributed by atoms with van der Waals surface area (Å²) in [5, 5.41) is 4.36. The molecule has 3 aromatic carbocycles. The molecule has 0 spiro atoms. The van der Waals surface area contributed by atoms with Crippen LogP contribution in [0.2, 0.25) is 0 Å². The molecule has 4 aromatic rings. The van der Waals surface area contributed by atoms with Crippen molar-refractivity contribution in [1.82, 2.24) is 14.3 Å². The minimum atomic E-state index is -0.511. The Morgan fingerprint density at radius 2 is 1.31 bits per heavy atom. The van der Waals surface area contributed by atoms with Gasteiger partial charge in [-0.1, -0.05) is 72.8 Å². The van der Waals surface area contributed by atoms with Crippen LogP contribution in [0.5, 0.6) is 0 Å². The Bertz CT molecular complexity index is 1230. The largest absolute Gasteiger partial charge is 0.348 e. The lowest BCUT2D eigenvalue weighted by Crippen LogP contribution is -2.42. The minimum absolute atomic E-state index is 0.0368. The molecule has 0 aliphatic heterocycles. The van der Waals surface area contributed by atoms with Crippen molar-refractivity contribution < 1.29 is 4.39 Å². The van der Waals surface area contributed by atoms with Gasteiger partial charge in [0.15, 0.2) is 5.69 Å². The molecule has 1 aromatic heterocycles. The fraction of sp³-hybridized carbons (Fsp3) is 0.0870. The van der Waals surface area contributed by atoms with Crippen molar-refractivity contribution in [2.75, 3.05) is 0 Å². The number of nitrogens with zero attached hydrogens (tertiary/aromatic N) is 3. The quantitative estimate of drug-likeness (QED) is 0.528. The van der Waals surface area contributed by atoms with E-state index in [1.54, 1.807) is 24.3 Å². The molecule has 0 saturated carbocycles. The highest BCUT2D eigenvalue weighted by atomic mass is 19.1. The Morgan fingerprint density at radius 3 is 1.97 bits per heavy atom. The van der Waals surface area contributed by atoms with E-state index in [-0.39, 0.29) is 24.6 Å². The third-order valence-corrected chi connectivity index (χ3v) is 4.60. The predicted octanol–water partition coefficient (Wildman–Crippen LogP) is 3.31. The normalized spacial score (nSPS) is 10.8. The van der Waals surface area contributed by atoms with Crippen molar-refractivity contribution in [2.45, 2.75) is 13.1 Å². The average molecular weight is 387 g/mol. The molecule has 0 aliphatic rings. The molecular formula is C23H18FN3O2. The van der Waals surface area contributed by atoms with Gasteiger partial charge in [-0.15, -0.1) is 0 Å². The zero-order valence-electron chi connectivity index (χ0n) is 15.5. The first-order valence-electron chi connectivity index (χ1n) is 9.17. The number of hydrogen-bond donors (Lipinski definition) is 0. The smallest absolute Gasteiger partial charge is 0.267 e. The summed E-state index contributed by atoms with van der Waals surface area (Å²) in [6.45, 7) is 0.276. The van der Waals surface area contributed by atoms with Gasteiger partial charge >= 0.3 is 5.69 Å². The number of rotatable bonds is 5. The zero-order valence-corrected chi connectivity index (χ0v) is 15.5. The van der Waals surface area contributed by atoms with E-state index in [4.69, 9.17) is 0 Å². The molecule has 0 radical (unpaired) electrons. The van der Waals surface area contributed by atoms with Gasteiger partial charge in [-0.2, -0.15) is 5.10 Å². The van der Waals surface area contributed by atoms with E-state index in [2.05, 4.69) is 5.10 Å². The van der Waals surface area contributed by atoms with Crippen LogP contribution >= 0.6 is 0 Å². The van der Waals surface area contributed by atoms with E-state index in [1.165, 1.54) is 16.8 Å². The lowest BCUT2D eigenvalue weighted by atomic mass is 10.1. The molecule has 0 atom stereocenters. The van der Waals surface area contributed by atoms with E-state index in [0.29, 0.717) is 11.1 Å². The van der Waals surface area contributed by atoms with Gasteiger partial charge in [0.05, 0.1) is 13.1 Å². The predicted molar refractivity (Wildman–Crippen MR) is 109 cm³/mol. The van der Waals surface area contributed by atoms with Gasteiger partial charge < -0.3 is 0 Å². The summed E-state index contributed by atoms with van der Waals surface area (Å²) in [4.78, 5) is 26.1. The zero-order chi connectivity index (χ0) is 20.2. The van der Waals surface area contributed by atoms with Crippen LogP contribution in [0.1, 0.15) is 11.1 Å². The lowest BCUT2D eigenvalue weighted by molar-refractivity contribution is 0.545. The molecule has 1 heterocycles. The van der Waals surface area contributed by atoms with E-state index in [1.807, 2.05) is 48.5 Å². The maximum absolute atomic E-state index is 13.2. The summed E-state index contributed by atoms with van der Waals surface area (Å²) >= 11 is 0. The Morgan fingerprint density at radius 1 is 0.724 bits per heavy atom. The van der Waals surface area contributed by atoms with Gasteiger partial charge in [-0.05, 0) is 23.3 Å². The fourth-order valence-corrected chi connectivity index (χ4v) is 3.11. The van der Waals surface area contributed by atoms with Gasteiger partial charge in [0.1, 0.15) is 5.82 Å². The first kappa shape index (κ1) is 18.6. The molecule has 144 valence electrons. The van der Waals surface area contributed by atoms with Gasteiger partial charge in [0, 0.05) is 5.56 Å². The van der Waals surface area contributed by atoms with Crippen molar-refractivity contribution in [3.63, 3.8) is 0 Å². The highest BCUT2D eigenvalue weighted by Crippen LogP contribution is 2.12. The topological polar surface area (TPSA) is 56.9 Å². The molecule has 0 fully saturated rings. The number of hydrogen-bond acceptors (Lipinski definition) is 3. The molecule has 0 unspecified atom stereocenters. The number of benzene rings is 3. The average Bonchev–Trinajstić information content (AvgIpc) is 2.76. The van der Waals surface area contributed by atoms with Crippen LogP contribution in [0.3, 0.4) is 0 Å². The second-order valence-corrected chi connectivity index (χ2v) is 6.66. The number of aromatic nitrogens is 3. The monoisotopic (exact) mass is 387 g/mol. The summed E-state index contributed by atoms with van der Waals surface area (Å²) in [6.07, 6.45) is 0. The van der Waals surface area contributed by atoms with Crippen molar-refractivity contribution in [3.8, 4) is 11.3 Å². The van der Waals surface area contributed by atoms with Gasteiger partial charge in [0.2, 0.25) is 0 Å². The van der Waals surface area contributed by atoms with Crippen LogP contribution in [0.25, 0.3) is 11.3 Å². The summed E-state index contributed by atoms with van der Waals surface area (Å²) in [6, 6.07) is 24.2. The highest BCUT2D eigenvalue weighted by molar-refractivity contribution is 5.57. The summed E-state index contributed by atoms with van der Waals surface area (Å²) < 4.78 is 15.7. The highest BCUT2D eigenvalue weighted by Gasteiger charge is 2.15. The number of halogens is 1. The van der Waals surface area contributed by atoms with E-state index in [0.717, 1.165) is 10.1 Å². The van der Waals surface area contributed by atoms with Crippen LogP contribution in [0.15, 0.2) is 94.5 Å². The molecule has 29 heavy (non-hydrogen) atoms. The van der Waals surface area contributed by atoms with E-state index >= 15 is 0 Å².